The second-order valence-corrected chi connectivity index (χ2v) is 6.66. The van der Waals surface area contributed by atoms with Crippen molar-refractivity contribution in [3.8, 4) is 0 Å². The monoisotopic (exact) mass is 299 g/mol. The average Bonchev–Trinajstić information content (AvgIpc) is 2.84. The highest BCUT2D eigenvalue weighted by atomic mass is 32.2. The van der Waals surface area contributed by atoms with E-state index in [-0.39, 0.29) is 10.9 Å². The Labute approximate surface area is 117 Å². The molecule has 1 aliphatic heterocycles. The Bertz CT molecular complexity index is 630. The van der Waals surface area contributed by atoms with Gasteiger partial charge < -0.3 is 5.32 Å². The van der Waals surface area contributed by atoms with Crippen molar-refractivity contribution in [2.24, 2.45) is 0 Å². The highest BCUT2D eigenvalue weighted by molar-refractivity contribution is 7.89. The maximum atomic E-state index is 12.6. The number of benzene rings is 1. The van der Waals surface area contributed by atoms with E-state index in [9.17, 15) is 18.5 Å². The van der Waals surface area contributed by atoms with Gasteiger partial charge in [-0.15, -0.1) is 0 Å². The fourth-order valence-corrected chi connectivity index (χ4v) is 4.26. The number of hydrogen-bond acceptors (Lipinski definition) is 5. The second kappa shape index (κ2) is 5.37. The zero-order valence-corrected chi connectivity index (χ0v) is 12.2. The SMILES string of the molecule is CNc1ccc(S(=O)(=O)N2CCCC2C)c([N+](=O)[O-])c1. The molecule has 1 unspecified atom stereocenters. The molecule has 0 aliphatic carbocycles. The number of nitro groups is 1. The van der Waals surface area contributed by atoms with Gasteiger partial charge >= 0.3 is 0 Å². The molecule has 110 valence electrons. The summed E-state index contributed by atoms with van der Waals surface area (Å²) in [5.41, 5.74) is 0.112. The van der Waals surface area contributed by atoms with Crippen LogP contribution in [0, 0.1) is 10.1 Å². The number of sulfonamides is 1. The Kier molecular flexibility index (Phi) is 3.96. The standard InChI is InChI=1S/C12H17N3O4S/c1-9-4-3-7-14(9)20(18,19)12-6-5-10(13-2)8-11(12)15(16)17/h5-6,8-9,13H,3-4,7H2,1-2H3. The van der Waals surface area contributed by atoms with Crippen LogP contribution in [-0.4, -0.2) is 37.3 Å². The third-order valence-corrected chi connectivity index (χ3v) is 5.58. The molecule has 1 aromatic rings. The van der Waals surface area contributed by atoms with E-state index in [1.54, 1.807) is 7.05 Å². The van der Waals surface area contributed by atoms with Gasteiger partial charge in [0, 0.05) is 31.4 Å². The molecule has 1 aromatic carbocycles. The Morgan fingerprint density at radius 1 is 1.45 bits per heavy atom. The largest absolute Gasteiger partial charge is 0.388 e. The van der Waals surface area contributed by atoms with Crippen LogP contribution in [0.25, 0.3) is 0 Å². The highest BCUT2D eigenvalue weighted by Crippen LogP contribution is 2.32. The minimum absolute atomic E-state index is 0.122. The van der Waals surface area contributed by atoms with Crippen LogP contribution in [0.1, 0.15) is 19.8 Å². The third-order valence-electron chi connectivity index (χ3n) is 3.52. The van der Waals surface area contributed by atoms with Crippen molar-refractivity contribution >= 4 is 21.4 Å². The molecule has 1 heterocycles. The molecule has 20 heavy (non-hydrogen) atoms. The average molecular weight is 299 g/mol. The number of hydrogen-bond donors (Lipinski definition) is 1. The minimum atomic E-state index is -3.82. The molecule has 1 saturated heterocycles. The first-order valence-corrected chi connectivity index (χ1v) is 7.80. The number of nitro benzene ring substituents is 1. The Balaban J connectivity index is 2.54. The lowest BCUT2D eigenvalue weighted by atomic mass is 10.3. The van der Waals surface area contributed by atoms with Crippen LogP contribution in [0.15, 0.2) is 23.1 Å². The van der Waals surface area contributed by atoms with Crippen LogP contribution >= 0.6 is 0 Å². The van der Waals surface area contributed by atoms with Gasteiger partial charge in [0.15, 0.2) is 4.90 Å². The molecular formula is C12H17N3O4S. The number of anilines is 1. The van der Waals surface area contributed by atoms with Crippen LogP contribution in [0.2, 0.25) is 0 Å². The van der Waals surface area contributed by atoms with E-state index >= 15 is 0 Å². The molecule has 1 aliphatic rings. The summed E-state index contributed by atoms with van der Waals surface area (Å²) in [7, 11) is -2.20. The van der Waals surface area contributed by atoms with Gasteiger partial charge in [0.2, 0.25) is 10.0 Å². The van der Waals surface area contributed by atoms with E-state index in [1.165, 1.54) is 22.5 Å². The molecular weight excluding hydrogens is 282 g/mol. The minimum Gasteiger partial charge on any atom is -0.388 e. The third kappa shape index (κ3) is 2.48. The maximum absolute atomic E-state index is 12.6. The predicted molar refractivity (Wildman–Crippen MR) is 75.2 cm³/mol. The summed E-state index contributed by atoms with van der Waals surface area (Å²) in [5.74, 6) is 0. The van der Waals surface area contributed by atoms with Gasteiger partial charge in [-0.3, -0.25) is 10.1 Å². The molecule has 0 aromatic heterocycles. The quantitative estimate of drug-likeness (QED) is 0.676. The van der Waals surface area contributed by atoms with Crippen molar-refractivity contribution in [1.82, 2.24) is 4.31 Å². The van der Waals surface area contributed by atoms with E-state index < -0.39 is 20.6 Å². The number of nitrogens with zero attached hydrogens (tertiary/aromatic N) is 2. The van der Waals surface area contributed by atoms with Gasteiger partial charge in [0.25, 0.3) is 5.69 Å². The summed E-state index contributed by atoms with van der Waals surface area (Å²) < 4.78 is 26.5. The lowest BCUT2D eigenvalue weighted by molar-refractivity contribution is -0.387. The van der Waals surface area contributed by atoms with Gasteiger partial charge in [0.1, 0.15) is 0 Å². The lowest BCUT2D eigenvalue weighted by Gasteiger charge is -2.20. The molecule has 0 spiro atoms. The first-order chi connectivity index (χ1) is 9.37. The smallest absolute Gasteiger partial charge is 0.291 e. The summed E-state index contributed by atoms with van der Waals surface area (Å²) in [6, 6.07) is 3.95. The maximum Gasteiger partial charge on any atom is 0.291 e. The van der Waals surface area contributed by atoms with Gasteiger partial charge in [-0.25, -0.2) is 8.42 Å². The zero-order chi connectivity index (χ0) is 14.9. The van der Waals surface area contributed by atoms with Crippen molar-refractivity contribution in [3.05, 3.63) is 28.3 Å². The second-order valence-electron chi connectivity index (χ2n) is 4.80. The molecule has 8 heteroatoms. The van der Waals surface area contributed by atoms with Crippen molar-refractivity contribution < 1.29 is 13.3 Å². The summed E-state index contributed by atoms with van der Waals surface area (Å²) in [6.07, 6.45) is 1.56. The van der Waals surface area contributed by atoms with Crippen LogP contribution in [0.5, 0.6) is 0 Å². The van der Waals surface area contributed by atoms with Crippen molar-refractivity contribution in [1.29, 1.82) is 0 Å². The highest BCUT2D eigenvalue weighted by Gasteiger charge is 2.36. The predicted octanol–water partition coefficient (Wildman–Crippen LogP) is 1.81. The van der Waals surface area contributed by atoms with Crippen LogP contribution in [0.4, 0.5) is 11.4 Å². The Hall–Kier alpha value is -1.67. The molecule has 0 radical (unpaired) electrons. The first-order valence-electron chi connectivity index (χ1n) is 6.36. The molecule has 2 rings (SSSR count). The van der Waals surface area contributed by atoms with Gasteiger partial charge in [-0.2, -0.15) is 4.31 Å². The molecule has 7 nitrogen and oxygen atoms in total. The van der Waals surface area contributed by atoms with E-state index in [4.69, 9.17) is 0 Å². The molecule has 0 bridgehead atoms. The van der Waals surface area contributed by atoms with Crippen LogP contribution in [-0.2, 0) is 10.0 Å². The topological polar surface area (TPSA) is 92.6 Å². The fraction of sp³-hybridized carbons (Fsp3) is 0.500. The van der Waals surface area contributed by atoms with E-state index in [0.717, 1.165) is 12.8 Å². The zero-order valence-electron chi connectivity index (χ0n) is 11.4. The van der Waals surface area contributed by atoms with E-state index in [1.807, 2.05) is 6.92 Å². The molecule has 1 fully saturated rings. The molecule has 1 atom stereocenters. The molecule has 0 amide bonds. The number of nitrogens with one attached hydrogen (secondary N) is 1. The fourth-order valence-electron chi connectivity index (χ4n) is 2.42. The first kappa shape index (κ1) is 14.7. The van der Waals surface area contributed by atoms with Crippen LogP contribution < -0.4 is 5.32 Å². The normalized spacial score (nSPS) is 20.0. The van der Waals surface area contributed by atoms with Crippen molar-refractivity contribution in [2.45, 2.75) is 30.7 Å². The van der Waals surface area contributed by atoms with Gasteiger partial charge in [-0.1, -0.05) is 0 Å². The van der Waals surface area contributed by atoms with E-state index in [0.29, 0.717) is 12.2 Å². The Morgan fingerprint density at radius 2 is 2.15 bits per heavy atom. The van der Waals surface area contributed by atoms with E-state index in [2.05, 4.69) is 5.32 Å². The summed E-state index contributed by atoms with van der Waals surface area (Å²) in [6.45, 7) is 2.23. The molecule has 1 N–H and O–H groups in total. The van der Waals surface area contributed by atoms with Crippen molar-refractivity contribution in [2.75, 3.05) is 18.9 Å². The summed E-state index contributed by atoms with van der Waals surface area (Å²) in [4.78, 5) is 10.2. The van der Waals surface area contributed by atoms with Crippen LogP contribution in [0.3, 0.4) is 0 Å². The Morgan fingerprint density at radius 3 is 2.65 bits per heavy atom. The number of rotatable bonds is 4. The van der Waals surface area contributed by atoms with Gasteiger partial charge in [0.05, 0.1) is 4.92 Å². The summed E-state index contributed by atoms with van der Waals surface area (Å²) in [5, 5.41) is 13.9. The lowest BCUT2D eigenvalue weighted by Crippen LogP contribution is -2.34. The summed E-state index contributed by atoms with van der Waals surface area (Å²) >= 11 is 0. The van der Waals surface area contributed by atoms with Crippen molar-refractivity contribution in [3.63, 3.8) is 0 Å². The van der Waals surface area contributed by atoms with Gasteiger partial charge in [-0.05, 0) is 31.9 Å². The molecule has 0 saturated carbocycles.